The fourth-order valence-electron chi connectivity index (χ4n) is 2.23. The largest absolute Gasteiger partial charge is 0.497 e. The molecule has 1 aromatic heterocycles. The molecule has 2 aromatic carbocycles. The second-order valence-electron chi connectivity index (χ2n) is 5.20. The van der Waals surface area contributed by atoms with E-state index in [1.165, 1.54) is 24.3 Å². The number of methoxy groups -OCH3 is 1. The maximum atomic E-state index is 12.5. The second-order valence-corrected chi connectivity index (χ2v) is 7.44. The summed E-state index contributed by atoms with van der Waals surface area (Å²) in [5.74, 6) is 0.659. The molecule has 3 aromatic rings. The molecule has 1 heterocycles. The lowest BCUT2D eigenvalue weighted by Gasteiger charge is -2.02. The summed E-state index contributed by atoms with van der Waals surface area (Å²) in [6.45, 7) is 0. The highest BCUT2D eigenvalue weighted by molar-refractivity contribution is 7.94. The van der Waals surface area contributed by atoms with E-state index in [1.54, 1.807) is 37.4 Å². The molecule has 0 N–H and O–H groups in total. The first-order chi connectivity index (χ1) is 11.9. The minimum absolute atomic E-state index is 0.271. The zero-order chi connectivity index (χ0) is 18.0. The van der Waals surface area contributed by atoms with Gasteiger partial charge in [0.15, 0.2) is 4.90 Å². The van der Waals surface area contributed by atoms with Crippen molar-refractivity contribution in [1.29, 1.82) is 0 Å². The van der Waals surface area contributed by atoms with Crippen LogP contribution in [0.4, 0.5) is 0 Å². The lowest BCUT2D eigenvalue weighted by atomic mass is 10.2. The van der Waals surface area contributed by atoms with Crippen LogP contribution in [0.15, 0.2) is 68.0 Å². The summed E-state index contributed by atoms with van der Waals surface area (Å²) in [5.41, 5.74) is -0.000663. The third-order valence-electron chi connectivity index (χ3n) is 3.52. The molecule has 0 bridgehead atoms. The Morgan fingerprint density at radius 3 is 2.48 bits per heavy atom. The molecule has 25 heavy (non-hydrogen) atoms. The fourth-order valence-corrected chi connectivity index (χ4v) is 3.46. The van der Waals surface area contributed by atoms with Gasteiger partial charge < -0.3 is 9.15 Å². The first-order valence-corrected chi connectivity index (χ1v) is 9.12. The van der Waals surface area contributed by atoms with E-state index in [2.05, 4.69) is 0 Å². The first-order valence-electron chi connectivity index (χ1n) is 7.20. The lowest BCUT2D eigenvalue weighted by molar-refractivity contribution is 0.415. The predicted molar refractivity (Wildman–Crippen MR) is 96.7 cm³/mol. The zero-order valence-corrected chi connectivity index (χ0v) is 14.7. The maximum absolute atomic E-state index is 12.5. The SMILES string of the molecule is COc1ccc(/C=C\S(=O)(=O)c2cc3cc(Cl)ccc3oc2=O)cc1. The Balaban J connectivity index is 2.01. The number of ether oxygens (including phenoxy) is 1. The lowest BCUT2D eigenvalue weighted by Crippen LogP contribution is -2.11. The third-order valence-corrected chi connectivity index (χ3v) is 5.15. The minimum atomic E-state index is -3.97. The molecule has 5 nitrogen and oxygen atoms in total. The zero-order valence-electron chi connectivity index (χ0n) is 13.1. The van der Waals surface area contributed by atoms with Crippen LogP contribution in [0.5, 0.6) is 5.75 Å². The molecule has 0 fully saturated rings. The van der Waals surface area contributed by atoms with Crippen molar-refractivity contribution in [3.63, 3.8) is 0 Å². The molecule has 0 atom stereocenters. The van der Waals surface area contributed by atoms with E-state index >= 15 is 0 Å². The van der Waals surface area contributed by atoms with Gasteiger partial charge in [-0.2, -0.15) is 0 Å². The normalized spacial score (nSPS) is 11.9. The first kappa shape index (κ1) is 17.3. The Morgan fingerprint density at radius 1 is 1.08 bits per heavy atom. The van der Waals surface area contributed by atoms with Crippen molar-refractivity contribution < 1.29 is 17.6 Å². The highest BCUT2D eigenvalue weighted by Gasteiger charge is 2.18. The summed E-state index contributed by atoms with van der Waals surface area (Å²) in [4.78, 5) is 11.6. The summed E-state index contributed by atoms with van der Waals surface area (Å²) >= 11 is 5.90. The van der Waals surface area contributed by atoms with Crippen molar-refractivity contribution in [3.8, 4) is 5.75 Å². The van der Waals surface area contributed by atoms with Crippen molar-refractivity contribution in [1.82, 2.24) is 0 Å². The van der Waals surface area contributed by atoms with Gasteiger partial charge in [-0.25, -0.2) is 13.2 Å². The van der Waals surface area contributed by atoms with Gasteiger partial charge in [-0.3, -0.25) is 0 Å². The molecule has 0 radical (unpaired) electrons. The number of halogens is 1. The predicted octanol–water partition coefficient (Wildman–Crippen LogP) is 3.90. The molecule has 0 aliphatic rings. The van der Waals surface area contributed by atoms with Gasteiger partial charge in [0.2, 0.25) is 9.84 Å². The quantitative estimate of drug-likeness (QED) is 0.645. The van der Waals surface area contributed by atoms with Crippen LogP contribution in [-0.4, -0.2) is 15.5 Å². The number of benzene rings is 2. The van der Waals surface area contributed by atoms with Gasteiger partial charge in [-0.15, -0.1) is 0 Å². The van der Waals surface area contributed by atoms with Crippen LogP contribution < -0.4 is 10.4 Å². The molecular weight excluding hydrogens is 364 g/mol. The summed E-state index contributed by atoms with van der Waals surface area (Å²) in [6, 6.07) is 12.7. The Bertz CT molecular complexity index is 1110. The Hall–Kier alpha value is -2.57. The van der Waals surface area contributed by atoms with Gasteiger partial charge >= 0.3 is 5.63 Å². The molecule has 0 aliphatic heterocycles. The minimum Gasteiger partial charge on any atom is -0.497 e. The van der Waals surface area contributed by atoms with E-state index in [4.69, 9.17) is 20.8 Å². The van der Waals surface area contributed by atoms with E-state index in [0.29, 0.717) is 21.7 Å². The highest BCUT2D eigenvalue weighted by Crippen LogP contribution is 2.21. The molecule has 0 aliphatic carbocycles. The summed E-state index contributed by atoms with van der Waals surface area (Å²) in [5, 5.41) is 1.82. The van der Waals surface area contributed by atoms with Crippen molar-refractivity contribution >= 4 is 38.5 Å². The number of rotatable bonds is 4. The van der Waals surface area contributed by atoms with E-state index in [9.17, 15) is 13.2 Å². The third kappa shape index (κ3) is 3.75. The molecule has 3 rings (SSSR count). The Morgan fingerprint density at radius 2 is 1.80 bits per heavy atom. The van der Waals surface area contributed by atoms with Gasteiger partial charge in [0.25, 0.3) is 0 Å². The molecule has 0 saturated heterocycles. The fraction of sp³-hybridized carbons (Fsp3) is 0.0556. The van der Waals surface area contributed by atoms with Crippen LogP contribution in [0.2, 0.25) is 5.02 Å². The monoisotopic (exact) mass is 376 g/mol. The van der Waals surface area contributed by atoms with Crippen LogP contribution in [-0.2, 0) is 9.84 Å². The van der Waals surface area contributed by atoms with Crippen LogP contribution in [0.25, 0.3) is 17.0 Å². The maximum Gasteiger partial charge on any atom is 0.355 e. The second kappa shape index (κ2) is 6.74. The Kier molecular flexibility index (Phi) is 4.65. The Labute approximate surface area is 149 Å². The average Bonchev–Trinajstić information content (AvgIpc) is 2.60. The van der Waals surface area contributed by atoms with Crippen molar-refractivity contribution in [3.05, 3.63) is 74.9 Å². The topological polar surface area (TPSA) is 73.6 Å². The van der Waals surface area contributed by atoms with Crippen LogP contribution in [0, 0.1) is 0 Å². The molecule has 128 valence electrons. The van der Waals surface area contributed by atoms with E-state index in [1.807, 2.05) is 0 Å². The standard InChI is InChI=1S/C18H13ClO5S/c1-23-15-5-2-12(3-6-15)8-9-25(21,22)17-11-13-10-14(19)4-7-16(13)24-18(17)20/h2-11H,1H3/b9-8-. The molecule has 0 unspecified atom stereocenters. The van der Waals surface area contributed by atoms with Crippen molar-refractivity contribution in [2.45, 2.75) is 4.90 Å². The van der Waals surface area contributed by atoms with Gasteiger partial charge in [0.1, 0.15) is 11.3 Å². The number of fused-ring (bicyclic) bond motifs is 1. The van der Waals surface area contributed by atoms with Gasteiger partial charge in [-0.1, -0.05) is 23.7 Å². The smallest absolute Gasteiger partial charge is 0.355 e. The average molecular weight is 377 g/mol. The van der Waals surface area contributed by atoms with E-state index in [-0.39, 0.29) is 5.58 Å². The number of sulfone groups is 1. The molecule has 0 amide bonds. The molecule has 7 heteroatoms. The molecule has 0 spiro atoms. The summed E-state index contributed by atoms with van der Waals surface area (Å²) < 4.78 is 35.1. The number of hydrogen-bond donors (Lipinski definition) is 0. The van der Waals surface area contributed by atoms with Crippen molar-refractivity contribution in [2.24, 2.45) is 0 Å². The molecule has 0 saturated carbocycles. The van der Waals surface area contributed by atoms with Gasteiger partial charge in [0, 0.05) is 15.8 Å². The van der Waals surface area contributed by atoms with Crippen molar-refractivity contribution in [2.75, 3.05) is 7.11 Å². The summed E-state index contributed by atoms with van der Waals surface area (Å²) in [6.07, 6.45) is 1.40. The van der Waals surface area contributed by atoms with Crippen LogP contribution in [0.1, 0.15) is 5.56 Å². The van der Waals surface area contributed by atoms with Gasteiger partial charge in [0.05, 0.1) is 7.11 Å². The summed E-state index contributed by atoms with van der Waals surface area (Å²) in [7, 11) is -2.43. The molecular formula is C18H13ClO5S. The highest BCUT2D eigenvalue weighted by atomic mass is 35.5. The van der Waals surface area contributed by atoms with E-state index in [0.717, 1.165) is 5.41 Å². The van der Waals surface area contributed by atoms with Crippen LogP contribution >= 0.6 is 11.6 Å². The van der Waals surface area contributed by atoms with Crippen LogP contribution in [0.3, 0.4) is 0 Å². The number of hydrogen-bond acceptors (Lipinski definition) is 5. The van der Waals surface area contributed by atoms with Gasteiger partial charge in [-0.05, 0) is 48.0 Å². The van der Waals surface area contributed by atoms with E-state index < -0.39 is 20.4 Å².